The van der Waals surface area contributed by atoms with Crippen LogP contribution < -0.4 is 5.32 Å². The molecule has 3 atom stereocenters. The van der Waals surface area contributed by atoms with Gasteiger partial charge >= 0.3 is 5.97 Å². The first-order chi connectivity index (χ1) is 11.0. The molecular weight excluding hydrogens is 358 g/mol. The van der Waals surface area contributed by atoms with Crippen molar-refractivity contribution < 1.29 is 14.3 Å². The number of hydrogen-bond donors (Lipinski definition) is 1. The Morgan fingerprint density at radius 2 is 1.91 bits per heavy atom. The third-order valence-corrected chi connectivity index (χ3v) is 5.21. The molecule has 0 bridgehead atoms. The molecule has 5 heteroatoms. The summed E-state index contributed by atoms with van der Waals surface area (Å²) in [6.45, 7) is 4.20. The lowest BCUT2D eigenvalue weighted by Crippen LogP contribution is -2.45. The van der Waals surface area contributed by atoms with Gasteiger partial charge in [0, 0.05) is 10.5 Å². The summed E-state index contributed by atoms with van der Waals surface area (Å²) >= 11 is 3.35. The van der Waals surface area contributed by atoms with Crippen LogP contribution in [-0.4, -0.2) is 24.5 Å². The summed E-state index contributed by atoms with van der Waals surface area (Å²) in [5.74, 6) is 0.493. The smallest absolute Gasteiger partial charge is 0.310 e. The first-order valence-electron chi connectivity index (χ1n) is 8.15. The normalized spacial score (nSPS) is 24.0. The topological polar surface area (TPSA) is 55.4 Å². The molecular formula is C18H24BrNO3. The van der Waals surface area contributed by atoms with E-state index in [4.69, 9.17) is 4.74 Å². The summed E-state index contributed by atoms with van der Waals surface area (Å²) in [7, 11) is 0. The molecule has 0 aromatic heterocycles. The molecule has 1 amide bonds. The number of carbonyl (C=O) groups is 2. The van der Waals surface area contributed by atoms with Gasteiger partial charge in [0.05, 0.1) is 6.42 Å². The molecule has 0 spiro atoms. The van der Waals surface area contributed by atoms with Crippen LogP contribution in [0.25, 0.3) is 0 Å². The van der Waals surface area contributed by atoms with E-state index in [-0.39, 0.29) is 30.9 Å². The van der Waals surface area contributed by atoms with Crippen molar-refractivity contribution in [1.29, 1.82) is 0 Å². The van der Waals surface area contributed by atoms with Crippen LogP contribution in [0.15, 0.2) is 28.7 Å². The third-order valence-electron chi connectivity index (χ3n) is 4.68. The van der Waals surface area contributed by atoms with Crippen molar-refractivity contribution in [3.05, 3.63) is 34.3 Å². The van der Waals surface area contributed by atoms with Crippen molar-refractivity contribution in [2.24, 2.45) is 11.8 Å². The minimum Gasteiger partial charge on any atom is -0.455 e. The predicted molar refractivity (Wildman–Crippen MR) is 92.9 cm³/mol. The fourth-order valence-electron chi connectivity index (χ4n) is 3.00. The molecule has 1 N–H and O–H groups in total. The second-order valence-electron chi connectivity index (χ2n) is 6.41. The molecule has 1 aliphatic rings. The number of halogens is 1. The van der Waals surface area contributed by atoms with E-state index in [0.29, 0.717) is 11.8 Å². The van der Waals surface area contributed by atoms with Gasteiger partial charge in [0.15, 0.2) is 6.61 Å². The zero-order valence-electron chi connectivity index (χ0n) is 13.7. The molecule has 0 radical (unpaired) electrons. The van der Waals surface area contributed by atoms with Crippen LogP contribution in [0.2, 0.25) is 0 Å². The summed E-state index contributed by atoms with van der Waals surface area (Å²) in [6, 6.07) is 7.66. The van der Waals surface area contributed by atoms with Crippen molar-refractivity contribution in [3.63, 3.8) is 0 Å². The van der Waals surface area contributed by atoms with E-state index in [2.05, 4.69) is 35.1 Å². The van der Waals surface area contributed by atoms with Gasteiger partial charge in [-0.25, -0.2) is 0 Å². The van der Waals surface area contributed by atoms with Gasteiger partial charge in [0.2, 0.25) is 0 Å². The third kappa shape index (κ3) is 5.65. The number of hydrogen-bond acceptors (Lipinski definition) is 3. The quantitative estimate of drug-likeness (QED) is 0.794. The summed E-state index contributed by atoms with van der Waals surface area (Å²) in [6.07, 6.45) is 3.54. The number of carbonyl (C=O) groups excluding carboxylic acids is 2. The van der Waals surface area contributed by atoms with Gasteiger partial charge in [-0.05, 0) is 36.0 Å². The van der Waals surface area contributed by atoms with E-state index < -0.39 is 0 Å². The number of esters is 1. The molecule has 1 saturated carbocycles. The molecule has 0 heterocycles. The first kappa shape index (κ1) is 18.0. The van der Waals surface area contributed by atoms with Gasteiger partial charge in [-0.2, -0.15) is 0 Å². The van der Waals surface area contributed by atoms with Crippen LogP contribution in [-0.2, 0) is 20.7 Å². The second-order valence-corrected chi connectivity index (χ2v) is 7.32. The minimum absolute atomic E-state index is 0.178. The van der Waals surface area contributed by atoms with Gasteiger partial charge in [-0.1, -0.05) is 54.8 Å². The molecule has 1 aliphatic carbocycles. The van der Waals surface area contributed by atoms with Crippen LogP contribution in [0.5, 0.6) is 0 Å². The molecule has 1 aromatic carbocycles. The van der Waals surface area contributed by atoms with Gasteiger partial charge in [0.25, 0.3) is 5.91 Å². The van der Waals surface area contributed by atoms with Gasteiger partial charge in [-0.3, -0.25) is 9.59 Å². The van der Waals surface area contributed by atoms with E-state index in [9.17, 15) is 9.59 Å². The molecule has 0 unspecified atom stereocenters. The average Bonchev–Trinajstić information content (AvgIpc) is 2.52. The maximum atomic E-state index is 12.0. The molecule has 2 rings (SSSR count). The first-order valence-corrected chi connectivity index (χ1v) is 8.94. The molecule has 1 aromatic rings. The van der Waals surface area contributed by atoms with E-state index >= 15 is 0 Å². The van der Waals surface area contributed by atoms with Gasteiger partial charge < -0.3 is 10.1 Å². The highest BCUT2D eigenvalue weighted by Gasteiger charge is 2.28. The summed E-state index contributed by atoms with van der Waals surface area (Å²) in [4.78, 5) is 23.8. The zero-order valence-corrected chi connectivity index (χ0v) is 15.3. The summed E-state index contributed by atoms with van der Waals surface area (Å²) in [5.41, 5.74) is 0.869. The summed E-state index contributed by atoms with van der Waals surface area (Å²) in [5, 5.41) is 3.00. The van der Waals surface area contributed by atoms with Crippen molar-refractivity contribution in [3.8, 4) is 0 Å². The Hall–Kier alpha value is -1.36. The maximum absolute atomic E-state index is 12.0. The van der Waals surface area contributed by atoms with Crippen molar-refractivity contribution in [2.75, 3.05) is 6.61 Å². The standard InChI is InChI=1S/C18H24BrNO3/c1-12-4-3-5-16(13(12)2)20-17(21)11-23-18(22)10-14-6-8-15(19)9-7-14/h6-9,12-13,16H,3-5,10-11H2,1-2H3,(H,20,21)/t12-,13+,16+/m1/s1. The Morgan fingerprint density at radius 1 is 1.22 bits per heavy atom. The molecule has 23 heavy (non-hydrogen) atoms. The van der Waals surface area contributed by atoms with Crippen LogP contribution in [0.3, 0.4) is 0 Å². The molecule has 4 nitrogen and oxygen atoms in total. The Balaban J connectivity index is 1.73. The lowest BCUT2D eigenvalue weighted by atomic mass is 9.78. The Morgan fingerprint density at radius 3 is 2.61 bits per heavy atom. The monoisotopic (exact) mass is 381 g/mol. The lowest BCUT2D eigenvalue weighted by molar-refractivity contribution is -0.148. The number of benzene rings is 1. The highest BCUT2D eigenvalue weighted by Crippen LogP contribution is 2.29. The predicted octanol–water partition coefficient (Wildman–Crippen LogP) is 3.48. The largest absolute Gasteiger partial charge is 0.455 e. The van der Waals surface area contributed by atoms with E-state index in [1.807, 2.05) is 24.3 Å². The summed E-state index contributed by atoms with van der Waals surface area (Å²) < 4.78 is 6.04. The Kier molecular flexibility index (Phi) is 6.63. The molecule has 0 aliphatic heterocycles. The highest BCUT2D eigenvalue weighted by molar-refractivity contribution is 9.10. The lowest BCUT2D eigenvalue weighted by Gasteiger charge is -2.34. The van der Waals surface area contributed by atoms with Crippen LogP contribution in [0, 0.1) is 11.8 Å². The van der Waals surface area contributed by atoms with E-state index in [0.717, 1.165) is 22.9 Å². The van der Waals surface area contributed by atoms with Gasteiger partial charge in [0.1, 0.15) is 0 Å². The Bertz CT molecular complexity index is 544. The average molecular weight is 382 g/mol. The fourth-order valence-corrected chi connectivity index (χ4v) is 3.26. The highest BCUT2D eigenvalue weighted by atomic mass is 79.9. The van der Waals surface area contributed by atoms with Crippen molar-refractivity contribution in [2.45, 2.75) is 45.6 Å². The zero-order chi connectivity index (χ0) is 16.8. The minimum atomic E-state index is -0.382. The SMILES string of the molecule is C[C@H]1[C@H](C)CCC[C@@H]1NC(=O)COC(=O)Cc1ccc(Br)cc1. The number of nitrogens with one attached hydrogen (secondary N) is 1. The molecule has 1 fully saturated rings. The molecule has 126 valence electrons. The second kappa shape index (κ2) is 8.48. The number of amides is 1. The fraction of sp³-hybridized carbons (Fsp3) is 0.556. The number of ether oxygens (including phenoxy) is 1. The van der Waals surface area contributed by atoms with E-state index in [1.54, 1.807) is 0 Å². The molecule has 0 saturated heterocycles. The van der Waals surface area contributed by atoms with Crippen LogP contribution in [0.1, 0.15) is 38.7 Å². The van der Waals surface area contributed by atoms with Crippen molar-refractivity contribution >= 4 is 27.8 Å². The maximum Gasteiger partial charge on any atom is 0.310 e. The van der Waals surface area contributed by atoms with E-state index in [1.165, 1.54) is 6.42 Å². The Labute approximate surface area is 146 Å². The number of rotatable bonds is 5. The van der Waals surface area contributed by atoms with Crippen molar-refractivity contribution in [1.82, 2.24) is 5.32 Å². The van der Waals surface area contributed by atoms with Gasteiger partial charge in [-0.15, -0.1) is 0 Å². The van der Waals surface area contributed by atoms with Crippen LogP contribution >= 0.6 is 15.9 Å². The van der Waals surface area contributed by atoms with Crippen LogP contribution in [0.4, 0.5) is 0 Å².